The number of primary amides is 1. The van der Waals surface area contributed by atoms with Crippen LogP contribution in [0.4, 0.5) is 27.6 Å². The molecule has 4 aromatic heterocycles. The van der Waals surface area contributed by atoms with Crippen LogP contribution in [0.5, 0.6) is 0 Å². The number of aromatic nitrogens is 5. The normalized spacial score (nSPS) is 12.0. The molecular weight excluding hydrogens is 521 g/mol. The highest BCUT2D eigenvalue weighted by atomic mass is 32.1. The van der Waals surface area contributed by atoms with Crippen molar-refractivity contribution in [3.63, 3.8) is 0 Å². The fraction of sp³-hybridized carbons (Fsp3) is 0.318. The van der Waals surface area contributed by atoms with Gasteiger partial charge in [-0.25, -0.2) is 13.8 Å². The van der Waals surface area contributed by atoms with Crippen molar-refractivity contribution in [3.05, 3.63) is 46.0 Å². The van der Waals surface area contributed by atoms with Gasteiger partial charge in [-0.15, -0.1) is 11.3 Å². The van der Waals surface area contributed by atoms with Crippen LogP contribution in [0.15, 0.2) is 18.3 Å². The smallest absolute Gasteiger partial charge is 0.365 e. The number of fused-ring (bicyclic) bond motifs is 1. The second kappa shape index (κ2) is 9.53. The summed E-state index contributed by atoms with van der Waals surface area (Å²) in [5.41, 5.74) is 5.02. The summed E-state index contributed by atoms with van der Waals surface area (Å²) < 4.78 is 68.8. The molecule has 0 aliphatic carbocycles. The van der Waals surface area contributed by atoms with E-state index >= 15 is 0 Å². The number of pyridine rings is 1. The van der Waals surface area contributed by atoms with Crippen LogP contribution in [0.2, 0.25) is 0 Å². The third-order valence-electron chi connectivity index (χ3n) is 5.52. The number of nitrogens with two attached hydrogens (primary N) is 1. The molecule has 0 fully saturated rings. The quantitative estimate of drug-likeness (QED) is 0.329. The van der Waals surface area contributed by atoms with Crippen LogP contribution >= 0.6 is 11.3 Å². The zero-order valence-corrected chi connectivity index (χ0v) is 20.5. The van der Waals surface area contributed by atoms with Crippen LogP contribution in [-0.4, -0.2) is 36.4 Å². The average Bonchev–Trinajstić information content (AvgIpc) is 3.48. The molecule has 0 radical (unpaired) electrons. The van der Waals surface area contributed by atoms with Crippen molar-refractivity contribution in [2.75, 3.05) is 5.32 Å². The van der Waals surface area contributed by atoms with E-state index in [1.54, 1.807) is 17.8 Å². The first-order chi connectivity index (χ1) is 17.3. The lowest BCUT2D eigenvalue weighted by molar-refractivity contribution is -0.141. The number of nitrogens with one attached hydrogen (secondary N) is 1. The molecule has 0 saturated heterocycles. The van der Waals surface area contributed by atoms with E-state index in [1.807, 2.05) is 6.92 Å². The molecule has 0 spiro atoms. The second-order valence-electron chi connectivity index (χ2n) is 8.10. The number of amides is 2. The van der Waals surface area contributed by atoms with Gasteiger partial charge < -0.3 is 11.1 Å². The Hall–Kier alpha value is -3.88. The van der Waals surface area contributed by atoms with Crippen molar-refractivity contribution in [1.29, 1.82) is 0 Å². The lowest BCUT2D eigenvalue weighted by Crippen LogP contribution is -2.22. The SMILES string of the molecule is CCn1cc(-c2cc(C(F)F)nc3sc(C(N)=O)c(NC(=O)Cn4nc(C(F)(F)F)cc4C)c23)c(C)n1. The number of anilines is 1. The third-order valence-corrected chi connectivity index (χ3v) is 6.62. The van der Waals surface area contributed by atoms with E-state index in [1.165, 1.54) is 6.92 Å². The van der Waals surface area contributed by atoms with Crippen molar-refractivity contribution in [2.45, 2.75) is 46.5 Å². The Morgan fingerprint density at radius 2 is 1.86 bits per heavy atom. The van der Waals surface area contributed by atoms with Gasteiger partial charge in [-0.1, -0.05) is 0 Å². The minimum Gasteiger partial charge on any atom is -0.365 e. The van der Waals surface area contributed by atoms with E-state index in [9.17, 15) is 31.5 Å². The van der Waals surface area contributed by atoms with Gasteiger partial charge in [0.25, 0.3) is 12.3 Å². The molecule has 0 atom stereocenters. The van der Waals surface area contributed by atoms with E-state index in [0.29, 0.717) is 17.8 Å². The van der Waals surface area contributed by atoms with E-state index in [0.717, 1.165) is 28.2 Å². The predicted molar refractivity (Wildman–Crippen MR) is 125 cm³/mol. The van der Waals surface area contributed by atoms with Crippen LogP contribution in [0.1, 0.15) is 45.8 Å². The molecule has 4 aromatic rings. The monoisotopic (exact) mass is 541 g/mol. The summed E-state index contributed by atoms with van der Waals surface area (Å²) in [7, 11) is 0. The van der Waals surface area contributed by atoms with Crippen LogP contribution in [0, 0.1) is 13.8 Å². The molecule has 0 unspecified atom stereocenters. The molecule has 4 rings (SSSR count). The molecule has 3 N–H and O–H groups in total. The van der Waals surface area contributed by atoms with Gasteiger partial charge >= 0.3 is 6.18 Å². The van der Waals surface area contributed by atoms with Gasteiger partial charge in [-0.3, -0.25) is 19.0 Å². The number of carbonyl (C=O) groups is 2. The summed E-state index contributed by atoms with van der Waals surface area (Å²) in [4.78, 5) is 28.9. The lowest BCUT2D eigenvalue weighted by atomic mass is 10.0. The fourth-order valence-electron chi connectivity index (χ4n) is 3.80. The number of hydrogen-bond donors (Lipinski definition) is 2. The number of nitrogens with zero attached hydrogens (tertiary/aromatic N) is 5. The van der Waals surface area contributed by atoms with Gasteiger partial charge in [0.15, 0.2) is 5.69 Å². The van der Waals surface area contributed by atoms with Crippen molar-refractivity contribution in [1.82, 2.24) is 24.5 Å². The summed E-state index contributed by atoms with van der Waals surface area (Å²) in [5.74, 6) is -1.76. The molecule has 0 aliphatic heterocycles. The molecule has 0 saturated carbocycles. The minimum atomic E-state index is -4.70. The zero-order valence-electron chi connectivity index (χ0n) is 19.7. The number of thiophene rings is 1. The maximum absolute atomic E-state index is 13.7. The van der Waals surface area contributed by atoms with E-state index < -0.39 is 42.3 Å². The first-order valence-electron chi connectivity index (χ1n) is 10.8. The van der Waals surface area contributed by atoms with Crippen molar-refractivity contribution in [3.8, 4) is 11.1 Å². The molecule has 0 aromatic carbocycles. The molecular formula is C22H20F5N7O2S. The Morgan fingerprint density at radius 1 is 1.16 bits per heavy atom. The molecule has 37 heavy (non-hydrogen) atoms. The number of aryl methyl sites for hydroxylation is 3. The maximum Gasteiger partial charge on any atom is 0.435 e. The predicted octanol–water partition coefficient (Wildman–Crippen LogP) is 4.69. The first kappa shape index (κ1) is 26.2. The highest BCUT2D eigenvalue weighted by molar-refractivity contribution is 7.21. The minimum absolute atomic E-state index is 0.0233. The van der Waals surface area contributed by atoms with Crippen LogP contribution in [0.3, 0.4) is 0 Å². The van der Waals surface area contributed by atoms with Crippen LogP contribution < -0.4 is 11.1 Å². The number of alkyl halides is 5. The molecule has 0 aliphatic rings. The van der Waals surface area contributed by atoms with Crippen molar-refractivity contribution < 1.29 is 31.5 Å². The fourth-order valence-corrected chi connectivity index (χ4v) is 4.82. The summed E-state index contributed by atoms with van der Waals surface area (Å²) >= 11 is 0.718. The van der Waals surface area contributed by atoms with Crippen molar-refractivity contribution >= 4 is 39.1 Å². The number of hydrogen-bond acceptors (Lipinski definition) is 6. The van der Waals surface area contributed by atoms with Crippen LogP contribution in [0.25, 0.3) is 21.3 Å². The van der Waals surface area contributed by atoms with Gasteiger partial charge in [-0.05, 0) is 38.5 Å². The van der Waals surface area contributed by atoms with Gasteiger partial charge in [0, 0.05) is 29.4 Å². The molecule has 15 heteroatoms. The Morgan fingerprint density at radius 3 is 2.41 bits per heavy atom. The molecule has 4 heterocycles. The standard InChI is InChI=1S/C22H20F5N7O2S/c1-4-33-7-12(10(3)31-33)11-6-13(19(23)24)29-21-16(11)17(18(37-21)20(28)36)30-15(35)8-34-9(2)5-14(32-34)22(25,26)27/h5-7,19H,4,8H2,1-3H3,(H2,28,36)(H,30,35). The molecule has 196 valence electrons. The summed E-state index contributed by atoms with van der Waals surface area (Å²) in [5, 5.41) is 10.5. The maximum atomic E-state index is 13.7. The van der Waals surface area contributed by atoms with Gasteiger partial charge in [0.05, 0.1) is 11.4 Å². The number of halogens is 5. The van der Waals surface area contributed by atoms with E-state index in [-0.39, 0.29) is 32.0 Å². The topological polar surface area (TPSA) is 121 Å². The van der Waals surface area contributed by atoms with Gasteiger partial charge in [0.2, 0.25) is 5.91 Å². The highest BCUT2D eigenvalue weighted by Gasteiger charge is 2.34. The lowest BCUT2D eigenvalue weighted by Gasteiger charge is -2.11. The molecule has 9 nitrogen and oxygen atoms in total. The molecule has 2 amide bonds. The van der Waals surface area contributed by atoms with Crippen molar-refractivity contribution in [2.24, 2.45) is 5.73 Å². The molecule has 0 bridgehead atoms. The largest absolute Gasteiger partial charge is 0.435 e. The summed E-state index contributed by atoms with van der Waals surface area (Å²) in [6, 6.07) is 1.95. The Labute approximate surface area is 210 Å². The zero-order chi connectivity index (χ0) is 27.2. The Balaban J connectivity index is 1.84. The average molecular weight is 542 g/mol. The number of rotatable bonds is 7. The highest BCUT2D eigenvalue weighted by Crippen LogP contribution is 2.43. The second-order valence-corrected chi connectivity index (χ2v) is 9.10. The number of carbonyl (C=O) groups excluding carboxylic acids is 2. The van der Waals surface area contributed by atoms with E-state index in [4.69, 9.17) is 5.73 Å². The Bertz CT molecular complexity index is 1520. The first-order valence-corrected chi connectivity index (χ1v) is 11.6. The van der Waals surface area contributed by atoms with Crippen LogP contribution in [-0.2, 0) is 24.1 Å². The third kappa shape index (κ3) is 5.03. The van der Waals surface area contributed by atoms with Gasteiger partial charge in [-0.2, -0.15) is 23.4 Å². The van der Waals surface area contributed by atoms with E-state index in [2.05, 4.69) is 20.5 Å². The van der Waals surface area contributed by atoms with Gasteiger partial charge in [0.1, 0.15) is 21.9 Å². The summed E-state index contributed by atoms with van der Waals surface area (Å²) in [6.45, 7) is 4.76. The Kier molecular flexibility index (Phi) is 6.75. The summed E-state index contributed by atoms with van der Waals surface area (Å²) in [6.07, 6.45) is -5.98.